The number of carbonyl (C=O) groups excluding carboxylic acids is 2. The Labute approximate surface area is 269 Å². The summed E-state index contributed by atoms with van der Waals surface area (Å²) in [6, 6.07) is 25.0. The number of aromatic nitrogens is 1. The first kappa shape index (κ1) is 29.8. The van der Waals surface area contributed by atoms with Crippen LogP contribution in [0.3, 0.4) is 0 Å². The van der Waals surface area contributed by atoms with E-state index in [-0.39, 0.29) is 18.4 Å². The number of para-hydroxylation sites is 1. The number of benzene rings is 3. The maximum Gasteiger partial charge on any atom is 0.273 e. The van der Waals surface area contributed by atoms with Crippen molar-refractivity contribution in [3.63, 3.8) is 0 Å². The predicted molar refractivity (Wildman–Crippen MR) is 179 cm³/mol. The molecule has 4 aliphatic rings. The van der Waals surface area contributed by atoms with Gasteiger partial charge in [-0.1, -0.05) is 24.3 Å². The lowest BCUT2D eigenvalue weighted by Crippen LogP contribution is -2.48. The van der Waals surface area contributed by atoms with Gasteiger partial charge in [-0.3, -0.25) is 9.59 Å². The summed E-state index contributed by atoms with van der Waals surface area (Å²) in [5.41, 5.74) is 7.13. The SMILES string of the molecule is CCOc1cc(/C=N\NC(=O)c2ccccc2-n2cccc2)ccc1OCC(=O)Nc1ccc(C23CC4CC(CC(C4)C2)C3)cc1. The van der Waals surface area contributed by atoms with Gasteiger partial charge in [-0.25, -0.2) is 5.43 Å². The number of carbonyl (C=O) groups is 2. The van der Waals surface area contributed by atoms with Crippen molar-refractivity contribution in [1.29, 1.82) is 0 Å². The zero-order valence-electron chi connectivity index (χ0n) is 26.2. The number of hydrogen-bond acceptors (Lipinski definition) is 5. The van der Waals surface area contributed by atoms with E-state index in [2.05, 4.69) is 28.0 Å². The number of rotatable bonds is 11. The number of amides is 2. The molecule has 4 aliphatic carbocycles. The highest BCUT2D eigenvalue weighted by atomic mass is 16.5. The number of anilines is 1. The van der Waals surface area contributed by atoms with Crippen LogP contribution in [0.4, 0.5) is 5.69 Å². The Morgan fingerprint density at radius 2 is 1.57 bits per heavy atom. The molecule has 2 N–H and O–H groups in total. The summed E-state index contributed by atoms with van der Waals surface area (Å²) in [7, 11) is 0. The first-order valence-corrected chi connectivity index (χ1v) is 16.3. The molecule has 0 unspecified atom stereocenters. The van der Waals surface area contributed by atoms with Crippen LogP contribution in [0.25, 0.3) is 5.69 Å². The van der Waals surface area contributed by atoms with E-state index in [1.807, 2.05) is 66.3 Å². The molecule has 8 rings (SSSR count). The number of nitrogens with one attached hydrogen (secondary N) is 2. The third kappa shape index (κ3) is 6.29. The maximum absolute atomic E-state index is 12.9. The van der Waals surface area contributed by atoms with Crippen molar-refractivity contribution in [3.8, 4) is 17.2 Å². The van der Waals surface area contributed by atoms with Gasteiger partial charge in [0.25, 0.3) is 11.8 Å². The average molecular weight is 617 g/mol. The Bertz CT molecular complexity index is 1690. The fraction of sp³-hybridized carbons (Fsp3) is 0.342. The minimum atomic E-state index is -0.320. The van der Waals surface area contributed by atoms with E-state index in [4.69, 9.17) is 9.47 Å². The minimum Gasteiger partial charge on any atom is -0.490 e. The van der Waals surface area contributed by atoms with Crippen molar-refractivity contribution in [1.82, 2.24) is 9.99 Å². The molecule has 4 aromatic rings. The Morgan fingerprint density at radius 3 is 2.26 bits per heavy atom. The Morgan fingerprint density at radius 1 is 0.870 bits per heavy atom. The molecule has 4 saturated carbocycles. The molecule has 8 nitrogen and oxygen atoms in total. The molecule has 2 amide bonds. The minimum absolute atomic E-state index is 0.152. The molecule has 3 aromatic carbocycles. The van der Waals surface area contributed by atoms with Gasteiger partial charge in [0.2, 0.25) is 0 Å². The fourth-order valence-corrected chi connectivity index (χ4v) is 8.32. The second-order valence-corrected chi connectivity index (χ2v) is 13.1. The number of ether oxygens (including phenoxy) is 2. The lowest BCUT2D eigenvalue weighted by Gasteiger charge is -2.57. The molecule has 236 valence electrons. The largest absolute Gasteiger partial charge is 0.490 e. The summed E-state index contributed by atoms with van der Waals surface area (Å²) in [4.78, 5) is 25.7. The van der Waals surface area contributed by atoms with Crippen LogP contribution >= 0.6 is 0 Å². The second kappa shape index (κ2) is 12.9. The average Bonchev–Trinajstić information content (AvgIpc) is 3.59. The summed E-state index contributed by atoms with van der Waals surface area (Å²) in [5, 5.41) is 7.13. The first-order chi connectivity index (χ1) is 22.5. The topological polar surface area (TPSA) is 93.9 Å². The molecule has 0 spiro atoms. The van der Waals surface area contributed by atoms with Crippen LogP contribution in [0.1, 0.15) is 66.9 Å². The predicted octanol–water partition coefficient (Wildman–Crippen LogP) is 7.13. The van der Waals surface area contributed by atoms with Crippen LogP contribution in [0, 0.1) is 17.8 Å². The normalized spacial score (nSPS) is 22.9. The van der Waals surface area contributed by atoms with Gasteiger partial charge in [0.1, 0.15) is 0 Å². The van der Waals surface area contributed by atoms with E-state index in [1.54, 1.807) is 30.5 Å². The highest BCUT2D eigenvalue weighted by molar-refractivity contribution is 5.98. The lowest BCUT2D eigenvalue weighted by atomic mass is 9.48. The summed E-state index contributed by atoms with van der Waals surface area (Å²) in [5.74, 6) is 3.08. The highest BCUT2D eigenvalue weighted by Crippen LogP contribution is 2.60. The van der Waals surface area contributed by atoms with Crippen molar-refractivity contribution in [2.24, 2.45) is 22.9 Å². The molecule has 0 atom stereocenters. The van der Waals surface area contributed by atoms with Gasteiger partial charge < -0.3 is 19.4 Å². The van der Waals surface area contributed by atoms with Gasteiger partial charge >= 0.3 is 0 Å². The zero-order valence-corrected chi connectivity index (χ0v) is 26.2. The molecule has 1 aromatic heterocycles. The number of hydrogen-bond donors (Lipinski definition) is 2. The van der Waals surface area contributed by atoms with Gasteiger partial charge in [0.05, 0.1) is 24.1 Å². The Hall–Kier alpha value is -4.85. The molecule has 8 heteroatoms. The van der Waals surface area contributed by atoms with Crippen LogP contribution in [0.2, 0.25) is 0 Å². The van der Waals surface area contributed by atoms with E-state index in [9.17, 15) is 9.59 Å². The molecule has 4 bridgehead atoms. The third-order valence-electron chi connectivity index (χ3n) is 9.86. The maximum atomic E-state index is 12.9. The fourth-order valence-electron chi connectivity index (χ4n) is 8.32. The monoisotopic (exact) mass is 616 g/mol. The van der Waals surface area contributed by atoms with Gasteiger partial charge in [-0.2, -0.15) is 5.10 Å². The van der Waals surface area contributed by atoms with Crippen molar-refractivity contribution >= 4 is 23.7 Å². The highest BCUT2D eigenvalue weighted by Gasteiger charge is 2.51. The molecule has 0 radical (unpaired) electrons. The lowest BCUT2D eigenvalue weighted by molar-refractivity contribution is -0.118. The Balaban J connectivity index is 0.943. The summed E-state index contributed by atoms with van der Waals surface area (Å²) >= 11 is 0. The standard InChI is InChI=1S/C38H40N4O4/c1-2-45-35-20-26(24-39-41-37(44)32-7-3-4-8-33(32)42-15-5-6-16-42)9-14-34(35)46-25-36(43)40-31-12-10-30(11-13-31)38-21-27-17-28(22-38)19-29(18-27)23-38/h3-16,20,24,27-29H,2,17-19,21-23,25H2,1H3,(H,40,43)(H,41,44)/b39-24-. The molecule has 4 fully saturated rings. The van der Waals surface area contributed by atoms with Crippen LogP contribution in [0.5, 0.6) is 11.5 Å². The summed E-state index contributed by atoms with van der Waals surface area (Å²) in [6.07, 6.45) is 13.6. The molecule has 0 saturated heterocycles. The number of nitrogens with zero attached hydrogens (tertiary/aromatic N) is 2. The van der Waals surface area contributed by atoms with Crippen LogP contribution in [-0.2, 0) is 10.2 Å². The third-order valence-corrected chi connectivity index (χ3v) is 9.86. The van der Waals surface area contributed by atoms with Crippen molar-refractivity contribution in [2.45, 2.75) is 50.9 Å². The van der Waals surface area contributed by atoms with Crippen molar-refractivity contribution in [2.75, 3.05) is 18.5 Å². The van der Waals surface area contributed by atoms with E-state index in [0.29, 0.717) is 34.6 Å². The van der Waals surface area contributed by atoms with Crippen LogP contribution < -0.4 is 20.2 Å². The smallest absolute Gasteiger partial charge is 0.273 e. The van der Waals surface area contributed by atoms with Gasteiger partial charge in [-0.15, -0.1) is 0 Å². The quantitative estimate of drug-likeness (QED) is 0.139. The second-order valence-electron chi connectivity index (χ2n) is 13.1. The van der Waals surface area contributed by atoms with E-state index in [1.165, 1.54) is 44.1 Å². The van der Waals surface area contributed by atoms with Gasteiger partial charge in [-0.05, 0) is 134 Å². The molecule has 0 aliphatic heterocycles. The van der Waals surface area contributed by atoms with Crippen molar-refractivity contribution in [3.05, 3.63) is 108 Å². The first-order valence-electron chi connectivity index (χ1n) is 16.3. The zero-order chi connectivity index (χ0) is 31.5. The summed E-state index contributed by atoms with van der Waals surface area (Å²) < 4.78 is 13.5. The van der Waals surface area contributed by atoms with Gasteiger partial charge in [0.15, 0.2) is 18.1 Å². The van der Waals surface area contributed by atoms with E-state index < -0.39 is 0 Å². The van der Waals surface area contributed by atoms with E-state index in [0.717, 1.165) is 29.1 Å². The molecule has 46 heavy (non-hydrogen) atoms. The number of hydrazone groups is 1. The molecule has 1 heterocycles. The van der Waals surface area contributed by atoms with Gasteiger partial charge in [0, 0.05) is 18.1 Å². The Kier molecular flexibility index (Phi) is 8.35. The van der Waals surface area contributed by atoms with E-state index >= 15 is 0 Å². The molecular weight excluding hydrogens is 576 g/mol. The van der Waals surface area contributed by atoms with Crippen molar-refractivity contribution < 1.29 is 19.1 Å². The summed E-state index contributed by atoms with van der Waals surface area (Å²) in [6.45, 7) is 2.15. The van der Waals surface area contributed by atoms with Crippen LogP contribution in [-0.4, -0.2) is 35.8 Å². The molecular formula is C38H40N4O4. The van der Waals surface area contributed by atoms with Crippen LogP contribution in [0.15, 0.2) is 96.4 Å².